The number of nitrogens with one attached hydrogen (secondary N) is 1. The van der Waals surface area contributed by atoms with E-state index >= 15 is 0 Å². The smallest absolute Gasteiger partial charge is 0.128 e. The largest absolute Gasteiger partial charge is 0.490 e. The highest BCUT2D eigenvalue weighted by Crippen LogP contribution is 2.40. The number of fused-ring (bicyclic) bond motifs is 2. The van der Waals surface area contributed by atoms with E-state index < -0.39 is 6.10 Å². The van der Waals surface area contributed by atoms with E-state index in [0.717, 1.165) is 41.1 Å². The number of hydrogen-bond donors (Lipinski definition) is 2. The van der Waals surface area contributed by atoms with Crippen LogP contribution >= 0.6 is 22.9 Å². The number of aromatic nitrogens is 1. The summed E-state index contributed by atoms with van der Waals surface area (Å²) in [6.07, 6.45) is 3.59. The highest BCUT2D eigenvalue weighted by Gasteiger charge is 2.29. The van der Waals surface area contributed by atoms with Gasteiger partial charge in [0, 0.05) is 49.7 Å². The van der Waals surface area contributed by atoms with Crippen LogP contribution in [0.25, 0.3) is 21.0 Å². The van der Waals surface area contributed by atoms with Crippen LogP contribution in [0.3, 0.4) is 0 Å². The predicted molar refractivity (Wildman–Crippen MR) is 130 cm³/mol. The molecule has 2 N–H and O–H groups in total. The van der Waals surface area contributed by atoms with Gasteiger partial charge in [0.15, 0.2) is 0 Å². The summed E-state index contributed by atoms with van der Waals surface area (Å²) in [6.45, 7) is 4.18. The van der Waals surface area contributed by atoms with E-state index in [9.17, 15) is 5.11 Å². The average Bonchev–Trinajstić information content (AvgIpc) is 3.41. The Morgan fingerprint density at radius 1 is 1.23 bits per heavy atom. The number of benzene rings is 2. The minimum absolute atomic E-state index is 0.297. The van der Waals surface area contributed by atoms with E-state index in [0.29, 0.717) is 25.1 Å². The number of nitrogens with zero attached hydrogens (tertiary/aromatic N) is 1. The number of halogens is 1. The molecule has 4 nitrogen and oxygen atoms in total. The molecule has 5 rings (SSSR count). The molecular weight excluding hydrogens is 428 g/mol. The van der Waals surface area contributed by atoms with Gasteiger partial charge in [0.1, 0.15) is 18.5 Å². The Balaban J connectivity index is 1.18. The third-order valence-corrected chi connectivity index (χ3v) is 7.97. The van der Waals surface area contributed by atoms with Crippen molar-refractivity contribution in [1.82, 2.24) is 9.88 Å². The van der Waals surface area contributed by atoms with Gasteiger partial charge in [0.2, 0.25) is 0 Å². The van der Waals surface area contributed by atoms with Crippen LogP contribution in [0.2, 0.25) is 5.02 Å². The lowest BCUT2D eigenvalue weighted by molar-refractivity contribution is 0.0408. The molecular formula is C25H27ClN2O2S. The second kappa shape index (κ2) is 8.83. The topological polar surface area (TPSA) is 48.5 Å². The molecule has 0 amide bonds. The number of thiophene rings is 1. The van der Waals surface area contributed by atoms with Crippen LogP contribution in [-0.4, -0.2) is 46.8 Å². The number of likely N-dealkylation sites (tertiary alicyclic amines) is 1. The second-order valence-electron chi connectivity index (χ2n) is 8.53. The monoisotopic (exact) mass is 454 g/mol. The summed E-state index contributed by atoms with van der Waals surface area (Å²) in [5.74, 6) is 1.37. The van der Waals surface area contributed by atoms with Crippen LogP contribution in [0.5, 0.6) is 5.75 Å². The average molecular weight is 455 g/mol. The second-order valence-corrected chi connectivity index (χ2v) is 10.0. The van der Waals surface area contributed by atoms with E-state index in [-0.39, 0.29) is 0 Å². The van der Waals surface area contributed by atoms with Crippen LogP contribution < -0.4 is 4.74 Å². The Morgan fingerprint density at radius 3 is 2.94 bits per heavy atom. The third kappa shape index (κ3) is 4.33. The number of β-amino-alcohol motifs (C(OH)–C–C–N with tert-alkyl or cyclic N) is 1. The molecule has 1 aliphatic heterocycles. The lowest BCUT2D eigenvalue weighted by atomic mass is 9.90. The first-order valence-electron chi connectivity index (χ1n) is 10.9. The normalized spacial score (nSPS) is 21.0. The molecule has 1 fully saturated rings. The Morgan fingerprint density at radius 2 is 2.10 bits per heavy atom. The molecule has 0 saturated carbocycles. The maximum atomic E-state index is 10.6. The number of hydrogen-bond acceptors (Lipinski definition) is 4. The van der Waals surface area contributed by atoms with E-state index in [1.165, 1.54) is 15.0 Å². The van der Waals surface area contributed by atoms with Crippen LogP contribution in [-0.2, 0) is 0 Å². The van der Waals surface area contributed by atoms with Gasteiger partial charge in [-0.15, -0.1) is 11.3 Å². The van der Waals surface area contributed by atoms with Gasteiger partial charge in [0.25, 0.3) is 0 Å². The highest BCUT2D eigenvalue weighted by atomic mass is 35.5. The van der Waals surface area contributed by atoms with Crippen molar-refractivity contribution in [3.8, 4) is 5.75 Å². The van der Waals surface area contributed by atoms with Gasteiger partial charge in [-0.1, -0.05) is 23.7 Å². The molecule has 6 heteroatoms. The highest BCUT2D eigenvalue weighted by molar-refractivity contribution is 7.19. The van der Waals surface area contributed by atoms with Crippen molar-refractivity contribution in [2.24, 2.45) is 0 Å². The molecule has 0 aliphatic carbocycles. The zero-order chi connectivity index (χ0) is 21.4. The fraction of sp³-hybridized carbons (Fsp3) is 0.360. The van der Waals surface area contributed by atoms with Gasteiger partial charge in [-0.05, 0) is 68.6 Å². The summed E-state index contributed by atoms with van der Waals surface area (Å²) in [4.78, 5) is 7.01. The van der Waals surface area contributed by atoms with Crippen molar-refractivity contribution < 1.29 is 9.84 Å². The molecule has 0 bridgehead atoms. The first-order chi connectivity index (χ1) is 15.1. The van der Waals surface area contributed by atoms with Crippen LogP contribution in [0.1, 0.15) is 30.6 Å². The predicted octanol–water partition coefficient (Wildman–Crippen LogP) is 6.04. The first-order valence-corrected chi connectivity index (χ1v) is 12.1. The molecule has 4 aromatic rings. The summed E-state index contributed by atoms with van der Waals surface area (Å²) >= 11 is 8.24. The van der Waals surface area contributed by atoms with Crippen molar-refractivity contribution in [2.45, 2.75) is 37.8 Å². The van der Waals surface area contributed by atoms with Crippen LogP contribution in [0.4, 0.5) is 0 Å². The third-order valence-electron chi connectivity index (χ3n) is 6.37. The number of aliphatic hydroxyl groups is 1. The fourth-order valence-corrected chi connectivity index (χ4v) is 6.21. The van der Waals surface area contributed by atoms with Crippen molar-refractivity contribution in [3.63, 3.8) is 0 Å². The summed E-state index contributed by atoms with van der Waals surface area (Å²) in [7, 11) is 0. The number of rotatable bonds is 6. The number of ether oxygens (including phenoxy) is 1. The van der Waals surface area contributed by atoms with Crippen molar-refractivity contribution in [3.05, 3.63) is 64.6 Å². The van der Waals surface area contributed by atoms with Gasteiger partial charge in [-0.3, -0.25) is 4.90 Å². The van der Waals surface area contributed by atoms with Gasteiger partial charge < -0.3 is 14.8 Å². The minimum atomic E-state index is -0.517. The van der Waals surface area contributed by atoms with Crippen molar-refractivity contribution >= 4 is 43.9 Å². The molecule has 0 radical (unpaired) electrons. The SMILES string of the molecule is C[C@H]1C[C@@H](c2cc3c(Cl)cccc3s2)CCN1C[C@H](O)COc1cccc2[nH]ccc12. The van der Waals surface area contributed by atoms with Crippen molar-refractivity contribution in [1.29, 1.82) is 0 Å². The van der Waals surface area contributed by atoms with Gasteiger partial charge >= 0.3 is 0 Å². The molecule has 3 heterocycles. The molecule has 3 atom stereocenters. The maximum absolute atomic E-state index is 10.6. The van der Waals surface area contributed by atoms with E-state index in [4.69, 9.17) is 16.3 Å². The van der Waals surface area contributed by atoms with Gasteiger partial charge in [-0.2, -0.15) is 0 Å². The summed E-state index contributed by atoms with van der Waals surface area (Å²) < 4.78 is 7.21. The molecule has 31 heavy (non-hydrogen) atoms. The number of aliphatic hydroxyl groups excluding tert-OH is 1. The van der Waals surface area contributed by atoms with Gasteiger partial charge in [0.05, 0.1) is 0 Å². The van der Waals surface area contributed by atoms with E-state index in [2.05, 4.69) is 28.9 Å². The molecule has 0 spiro atoms. The molecule has 1 saturated heterocycles. The Labute approximate surface area is 191 Å². The van der Waals surface area contributed by atoms with Gasteiger partial charge in [-0.25, -0.2) is 0 Å². The zero-order valence-corrected chi connectivity index (χ0v) is 19.1. The Hall–Kier alpha value is -2.05. The quantitative estimate of drug-likeness (QED) is 0.373. The molecule has 2 aromatic carbocycles. The lowest BCUT2D eigenvalue weighted by Gasteiger charge is -2.38. The minimum Gasteiger partial charge on any atom is -0.490 e. The fourth-order valence-electron chi connectivity index (χ4n) is 4.69. The number of aromatic amines is 1. The molecule has 0 unspecified atom stereocenters. The first kappa shape index (κ1) is 20.8. The lowest BCUT2D eigenvalue weighted by Crippen LogP contribution is -2.45. The summed E-state index contributed by atoms with van der Waals surface area (Å²) in [5.41, 5.74) is 1.05. The maximum Gasteiger partial charge on any atom is 0.128 e. The van der Waals surface area contributed by atoms with E-state index in [1.807, 2.05) is 53.9 Å². The molecule has 2 aromatic heterocycles. The summed E-state index contributed by atoms with van der Waals surface area (Å²) in [5, 5.41) is 13.7. The van der Waals surface area contributed by atoms with Crippen LogP contribution in [0, 0.1) is 0 Å². The standard InChI is InChI=1S/C25H27ClN2O2S/c1-16-12-17(25-13-20-21(26)4-2-7-24(20)31-25)9-11-28(16)14-18(29)15-30-23-6-3-5-22-19(23)8-10-27-22/h2-8,10,13,16-18,27,29H,9,11-12,14-15H2,1H3/t16-,17-,18-/m0/s1. The molecule has 1 aliphatic rings. The zero-order valence-electron chi connectivity index (χ0n) is 17.6. The summed E-state index contributed by atoms with van der Waals surface area (Å²) in [6, 6.07) is 16.8. The number of H-pyrrole nitrogens is 1. The number of piperidine rings is 1. The molecule has 162 valence electrons. The van der Waals surface area contributed by atoms with Crippen LogP contribution in [0.15, 0.2) is 54.7 Å². The Kier molecular flexibility index (Phi) is 5.93. The Bertz CT molecular complexity index is 1190. The van der Waals surface area contributed by atoms with Crippen molar-refractivity contribution in [2.75, 3.05) is 19.7 Å². The van der Waals surface area contributed by atoms with E-state index in [1.54, 1.807) is 0 Å².